The second kappa shape index (κ2) is 7.42. The van der Waals surface area contributed by atoms with Crippen molar-refractivity contribution in [1.29, 1.82) is 0 Å². The van der Waals surface area contributed by atoms with Crippen molar-refractivity contribution in [1.82, 2.24) is 24.4 Å². The van der Waals surface area contributed by atoms with E-state index in [9.17, 15) is 9.90 Å². The first-order valence-electron chi connectivity index (χ1n) is 8.33. The second-order valence-electron chi connectivity index (χ2n) is 6.47. The molecule has 0 aromatic carbocycles. The Hall–Kier alpha value is -2.10. The summed E-state index contributed by atoms with van der Waals surface area (Å²) in [5.74, 6) is -0.796. The Morgan fingerprint density at radius 3 is 3.00 bits per heavy atom. The van der Waals surface area contributed by atoms with Crippen LogP contribution in [0.3, 0.4) is 0 Å². The van der Waals surface area contributed by atoms with E-state index in [1.165, 1.54) is 6.33 Å². The SMILES string of the molecule is Cc1ncnc2c1ncn2[C@H]1C[C@H](O)[C@@H](CN(C)CCCC(=O)O)O1. The van der Waals surface area contributed by atoms with Crippen LogP contribution >= 0.6 is 0 Å². The molecule has 0 spiro atoms. The molecule has 0 unspecified atom stereocenters. The van der Waals surface area contributed by atoms with Crippen LogP contribution < -0.4 is 0 Å². The van der Waals surface area contributed by atoms with E-state index < -0.39 is 12.1 Å². The molecule has 136 valence electrons. The van der Waals surface area contributed by atoms with Crippen molar-refractivity contribution in [2.45, 2.75) is 44.6 Å². The minimum Gasteiger partial charge on any atom is -0.481 e. The summed E-state index contributed by atoms with van der Waals surface area (Å²) in [4.78, 5) is 25.3. The normalized spacial score (nSPS) is 23.6. The van der Waals surface area contributed by atoms with Crippen molar-refractivity contribution in [3.8, 4) is 0 Å². The summed E-state index contributed by atoms with van der Waals surface area (Å²) < 4.78 is 7.85. The Balaban J connectivity index is 1.63. The number of fused-ring (bicyclic) bond motifs is 1. The van der Waals surface area contributed by atoms with Gasteiger partial charge in [-0.25, -0.2) is 15.0 Å². The lowest BCUT2D eigenvalue weighted by Crippen LogP contribution is -2.35. The van der Waals surface area contributed by atoms with Crippen LogP contribution in [-0.4, -0.2) is 72.9 Å². The molecule has 25 heavy (non-hydrogen) atoms. The van der Waals surface area contributed by atoms with Gasteiger partial charge in [0.15, 0.2) is 5.65 Å². The number of hydrogen-bond donors (Lipinski definition) is 2. The number of aromatic nitrogens is 4. The molecule has 0 saturated carbocycles. The Morgan fingerprint density at radius 1 is 1.44 bits per heavy atom. The van der Waals surface area contributed by atoms with Gasteiger partial charge < -0.3 is 19.8 Å². The quantitative estimate of drug-likeness (QED) is 0.746. The molecule has 2 N–H and O–H groups in total. The van der Waals surface area contributed by atoms with Crippen molar-refractivity contribution >= 4 is 17.1 Å². The Bertz CT molecular complexity index is 749. The molecule has 0 radical (unpaired) electrons. The van der Waals surface area contributed by atoms with Gasteiger partial charge in [0.25, 0.3) is 0 Å². The zero-order chi connectivity index (χ0) is 18.0. The smallest absolute Gasteiger partial charge is 0.303 e. The van der Waals surface area contributed by atoms with Gasteiger partial charge in [0, 0.05) is 19.4 Å². The van der Waals surface area contributed by atoms with Gasteiger partial charge in [0.1, 0.15) is 18.1 Å². The Morgan fingerprint density at radius 2 is 2.24 bits per heavy atom. The molecular formula is C16H23N5O4. The van der Waals surface area contributed by atoms with Gasteiger partial charge >= 0.3 is 5.97 Å². The molecule has 3 rings (SSSR count). The second-order valence-corrected chi connectivity index (χ2v) is 6.47. The van der Waals surface area contributed by atoms with E-state index in [2.05, 4.69) is 15.0 Å². The standard InChI is InChI=1S/C16H23N5O4/c1-10-15-16(18-8-17-10)21(9-19-15)13-6-11(22)12(25-13)7-20(2)5-3-4-14(23)24/h8-9,11-13,22H,3-7H2,1-2H3,(H,23,24)/t11-,12+,13+/m0/s1. The Kier molecular flexibility index (Phi) is 5.26. The number of nitrogens with zero attached hydrogens (tertiary/aromatic N) is 5. The monoisotopic (exact) mass is 349 g/mol. The van der Waals surface area contributed by atoms with E-state index in [1.807, 2.05) is 23.4 Å². The number of likely N-dealkylation sites (N-methyl/N-ethyl adjacent to an activating group) is 1. The summed E-state index contributed by atoms with van der Waals surface area (Å²) >= 11 is 0. The molecule has 9 nitrogen and oxygen atoms in total. The molecule has 1 aliphatic heterocycles. The number of carbonyl (C=O) groups is 1. The maximum Gasteiger partial charge on any atom is 0.303 e. The zero-order valence-electron chi connectivity index (χ0n) is 14.4. The van der Waals surface area contributed by atoms with Crippen LogP contribution in [0.1, 0.15) is 31.2 Å². The number of aliphatic hydroxyl groups excluding tert-OH is 1. The summed E-state index contributed by atoms with van der Waals surface area (Å²) in [5.41, 5.74) is 2.23. The number of ether oxygens (including phenoxy) is 1. The number of carboxylic acids is 1. The van der Waals surface area contributed by atoms with Gasteiger partial charge in [0.05, 0.1) is 24.2 Å². The first-order chi connectivity index (χ1) is 12.0. The van der Waals surface area contributed by atoms with E-state index in [4.69, 9.17) is 9.84 Å². The van der Waals surface area contributed by atoms with Crippen LogP contribution in [0, 0.1) is 6.92 Å². The van der Waals surface area contributed by atoms with Gasteiger partial charge in [-0.1, -0.05) is 0 Å². The lowest BCUT2D eigenvalue weighted by Gasteiger charge is -2.22. The van der Waals surface area contributed by atoms with Gasteiger partial charge in [-0.15, -0.1) is 0 Å². The van der Waals surface area contributed by atoms with Crippen LogP contribution in [0.25, 0.3) is 11.2 Å². The highest BCUT2D eigenvalue weighted by molar-refractivity contribution is 5.72. The molecule has 1 fully saturated rings. The van der Waals surface area contributed by atoms with Crippen molar-refractivity contribution < 1.29 is 19.7 Å². The van der Waals surface area contributed by atoms with Crippen molar-refractivity contribution in [3.05, 3.63) is 18.3 Å². The minimum atomic E-state index is -0.796. The van der Waals surface area contributed by atoms with Crippen LogP contribution in [0.15, 0.2) is 12.7 Å². The van der Waals surface area contributed by atoms with Crippen molar-refractivity contribution in [2.75, 3.05) is 20.1 Å². The van der Waals surface area contributed by atoms with Gasteiger partial charge in [0.2, 0.25) is 0 Å². The molecule has 3 heterocycles. The number of aliphatic hydroxyl groups is 1. The molecule has 1 saturated heterocycles. The van der Waals surface area contributed by atoms with Gasteiger partial charge in [-0.05, 0) is 26.9 Å². The van der Waals surface area contributed by atoms with E-state index in [-0.39, 0.29) is 18.8 Å². The Labute approximate surface area is 145 Å². The fourth-order valence-electron chi connectivity index (χ4n) is 3.13. The largest absolute Gasteiger partial charge is 0.481 e. The van der Waals surface area contributed by atoms with Crippen LogP contribution in [0.5, 0.6) is 0 Å². The summed E-state index contributed by atoms with van der Waals surface area (Å²) in [6.45, 7) is 3.06. The summed E-state index contributed by atoms with van der Waals surface area (Å²) in [7, 11) is 1.90. The fraction of sp³-hybridized carbons (Fsp3) is 0.625. The predicted molar refractivity (Wildman–Crippen MR) is 89.0 cm³/mol. The lowest BCUT2D eigenvalue weighted by atomic mass is 10.1. The number of rotatable bonds is 7. The van der Waals surface area contributed by atoms with Crippen LogP contribution in [0.2, 0.25) is 0 Å². The minimum absolute atomic E-state index is 0.140. The van der Waals surface area contributed by atoms with E-state index >= 15 is 0 Å². The highest BCUT2D eigenvalue weighted by Gasteiger charge is 2.36. The van der Waals surface area contributed by atoms with Crippen LogP contribution in [0.4, 0.5) is 0 Å². The molecule has 2 aromatic heterocycles. The molecule has 2 aromatic rings. The highest BCUT2D eigenvalue weighted by atomic mass is 16.5. The lowest BCUT2D eigenvalue weighted by molar-refractivity contribution is -0.137. The average Bonchev–Trinajstić information content (AvgIpc) is 3.12. The van der Waals surface area contributed by atoms with Crippen molar-refractivity contribution in [2.24, 2.45) is 0 Å². The van der Waals surface area contributed by atoms with Gasteiger partial charge in [-0.3, -0.25) is 9.36 Å². The third kappa shape index (κ3) is 3.94. The first kappa shape index (κ1) is 17.7. The summed E-state index contributed by atoms with van der Waals surface area (Å²) in [6, 6.07) is 0. The number of carboxylic acid groups (broad SMARTS) is 1. The van der Waals surface area contributed by atoms with Gasteiger partial charge in [-0.2, -0.15) is 0 Å². The first-order valence-corrected chi connectivity index (χ1v) is 8.33. The van der Waals surface area contributed by atoms with Crippen molar-refractivity contribution in [3.63, 3.8) is 0 Å². The summed E-state index contributed by atoms with van der Waals surface area (Å²) in [6.07, 6.45) is 3.08. The molecular weight excluding hydrogens is 326 g/mol. The maximum absolute atomic E-state index is 10.6. The highest BCUT2D eigenvalue weighted by Crippen LogP contribution is 2.31. The van der Waals surface area contributed by atoms with Crippen LogP contribution in [-0.2, 0) is 9.53 Å². The molecule has 0 bridgehead atoms. The number of aryl methyl sites for hydroxylation is 1. The average molecular weight is 349 g/mol. The third-order valence-electron chi connectivity index (χ3n) is 4.48. The number of hydrogen-bond acceptors (Lipinski definition) is 7. The summed E-state index contributed by atoms with van der Waals surface area (Å²) in [5, 5.41) is 19.0. The topological polar surface area (TPSA) is 114 Å². The zero-order valence-corrected chi connectivity index (χ0v) is 14.4. The molecule has 9 heteroatoms. The fourth-order valence-corrected chi connectivity index (χ4v) is 3.13. The van der Waals surface area contributed by atoms with E-state index in [1.54, 1.807) is 6.33 Å². The third-order valence-corrected chi connectivity index (χ3v) is 4.48. The predicted octanol–water partition coefficient (Wildman–Crippen LogP) is 0.580. The van der Waals surface area contributed by atoms with E-state index in [0.29, 0.717) is 31.6 Å². The maximum atomic E-state index is 10.6. The molecule has 1 aliphatic rings. The molecule has 0 amide bonds. The molecule has 0 aliphatic carbocycles. The molecule has 3 atom stereocenters. The number of imidazole rings is 1. The van der Waals surface area contributed by atoms with E-state index in [0.717, 1.165) is 11.2 Å². The number of aliphatic carboxylic acids is 1.